The maximum absolute atomic E-state index is 12.5. The largest absolute Gasteiger partial charge is 0.489 e. The minimum Gasteiger partial charge on any atom is -0.489 e. The van der Waals surface area contributed by atoms with Gasteiger partial charge in [-0.3, -0.25) is 9.69 Å². The van der Waals surface area contributed by atoms with E-state index < -0.39 is 18.5 Å². The molecule has 1 aromatic carbocycles. The topological polar surface area (TPSA) is 73.9 Å². The highest BCUT2D eigenvalue weighted by atomic mass is 19.4. The minimum absolute atomic E-state index is 0.121. The number of allylic oxidation sites excluding steroid dienone is 1. The molecule has 4 rings (SSSR count). The zero-order chi connectivity index (χ0) is 22.7. The highest BCUT2D eigenvalue weighted by Crippen LogP contribution is 2.26. The fourth-order valence-corrected chi connectivity index (χ4v) is 3.82. The number of anilines is 1. The van der Waals surface area contributed by atoms with E-state index in [1.807, 2.05) is 12.3 Å². The summed E-state index contributed by atoms with van der Waals surface area (Å²) < 4.78 is 43.3. The fraction of sp³-hybridized carbons (Fsp3) is 0.364. The van der Waals surface area contributed by atoms with Gasteiger partial charge >= 0.3 is 12.2 Å². The summed E-state index contributed by atoms with van der Waals surface area (Å²) >= 11 is 0. The molecule has 0 aliphatic carbocycles. The Morgan fingerprint density at radius 1 is 1.22 bits per heavy atom. The summed E-state index contributed by atoms with van der Waals surface area (Å²) in [6.07, 6.45) is 2.22. The zero-order valence-corrected chi connectivity index (χ0v) is 17.2. The number of urea groups is 1. The molecule has 32 heavy (non-hydrogen) atoms. The van der Waals surface area contributed by atoms with Gasteiger partial charge in [0.1, 0.15) is 18.3 Å². The maximum atomic E-state index is 12.5. The van der Waals surface area contributed by atoms with Crippen LogP contribution in [0, 0.1) is 0 Å². The lowest BCUT2D eigenvalue weighted by Crippen LogP contribution is -2.45. The number of nitrogens with one attached hydrogen (secondary N) is 2. The van der Waals surface area contributed by atoms with E-state index >= 15 is 0 Å². The van der Waals surface area contributed by atoms with Crippen LogP contribution >= 0.6 is 0 Å². The summed E-state index contributed by atoms with van der Waals surface area (Å²) in [6, 6.07) is 6.49. The minimum atomic E-state index is -4.51. The van der Waals surface area contributed by atoms with Gasteiger partial charge in [0.2, 0.25) is 5.91 Å². The summed E-state index contributed by atoms with van der Waals surface area (Å²) in [5, 5.41) is 5.82. The highest BCUT2D eigenvalue weighted by Gasteiger charge is 2.35. The molecular formula is C22H23F3N4O3. The number of hydrogen-bond acceptors (Lipinski definition) is 4. The van der Waals surface area contributed by atoms with Gasteiger partial charge in [-0.25, -0.2) is 4.79 Å². The predicted octanol–water partition coefficient (Wildman–Crippen LogP) is 3.74. The van der Waals surface area contributed by atoms with E-state index in [9.17, 15) is 22.8 Å². The Labute approximate surface area is 183 Å². The van der Waals surface area contributed by atoms with Crippen molar-refractivity contribution in [1.82, 2.24) is 15.1 Å². The van der Waals surface area contributed by atoms with Crippen molar-refractivity contribution in [2.24, 2.45) is 0 Å². The van der Waals surface area contributed by atoms with Gasteiger partial charge in [-0.05, 0) is 54.3 Å². The van der Waals surface area contributed by atoms with E-state index in [2.05, 4.69) is 10.6 Å². The van der Waals surface area contributed by atoms with Crippen LogP contribution in [0.2, 0.25) is 0 Å². The summed E-state index contributed by atoms with van der Waals surface area (Å²) in [5.41, 5.74) is 2.60. The number of carbonyl (C=O) groups excluding carboxylic acids is 2. The van der Waals surface area contributed by atoms with E-state index in [4.69, 9.17) is 4.74 Å². The van der Waals surface area contributed by atoms with Crippen molar-refractivity contribution in [3.8, 4) is 5.75 Å². The molecule has 1 saturated heterocycles. The first kappa shape index (κ1) is 21.8. The molecule has 7 nitrogen and oxygen atoms in total. The van der Waals surface area contributed by atoms with Gasteiger partial charge in [-0.1, -0.05) is 0 Å². The van der Waals surface area contributed by atoms with E-state index in [0.717, 1.165) is 11.1 Å². The Morgan fingerprint density at radius 3 is 2.72 bits per heavy atom. The molecule has 3 aliphatic rings. The number of ether oxygens (including phenoxy) is 1. The molecular weight excluding hydrogens is 425 g/mol. The van der Waals surface area contributed by atoms with Crippen LogP contribution in [0.25, 0.3) is 0 Å². The van der Waals surface area contributed by atoms with Crippen LogP contribution in [0.5, 0.6) is 5.75 Å². The van der Waals surface area contributed by atoms with Crippen LogP contribution in [0.15, 0.2) is 60.1 Å². The van der Waals surface area contributed by atoms with Gasteiger partial charge in [0.25, 0.3) is 0 Å². The fourth-order valence-electron chi connectivity index (χ4n) is 3.82. The third-order valence-electron chi connectivity index (χ3n) is 5.37. The summed E-state index contributed by atoms with van der Waals surface area (Å²) in [6.45, 7) is 0.899. The van der Waals surface area contributed by atoms with Crippen molar-refractivity contribution in [3.63, 3.8) is 0 Å². The second kappa shape index (κ2) is 8.97. The Kier molecular flexibility index (Phi) is 6.11. The van der Waals surface area contributed by atoms with E-state index in [1.54, 1.807) is 41.6 Å². The lowest BCUT2D eigenvalue weighted by molar-refractivity contribution is -0.163. The molecule has 170 valence electrons. The van der Waals surface area contributed by atoms with E-state index in [1.165, 1.54) is 4.90 Å². The number of rotatable bonds is 4. The van der Waals surface area contributed by atoms with Crippen LogP contribution in [-0.2, 0) is 4.79 Å². The summed E-state index contributed by atoms with van der Waals surface area (Å²) in [7, 11) is 0. The number of piperidine rings is 1. The van der Waals surface area contributed by atoms with Crippen molar-refractivity contribution < 1.29 is 27.5 Å². The van der Waals surface area contributed by atoms with Gasteiger partial charge in [0.05, 0.1) is 13.1 Å². The van der Waals surface area contributed by atoms with Crippen LogP contribution in [-0.4, -0.2) is 53.7 Å². The number of carbonyl (C=O) groups is 2. The lowest BCUT2D eigenvalue weighted by Gasteiger charge is -2.33. The van der Waals surface area contributed by atoms with Crippen molar-refractivity contribution in [1.29, 1.82) is 0 Å². The number of dihydropyridines is 1. The summed E-state index contributed by atoms with van der Waals surface area (Å²) in [5.74, 6) is -0.406. The zero-order valence-electron chi connectivity index (χ0n) is 17.2. The molecule has 3 aliphatic heterocycles. The van der Waals surface area contributed by atoms with Gasteiger partial charge in [-0.15, -0.1) is 0 Å². The number of likely N-dealkylation sites (tertiary alicyclic amines) is 1. The normalized spacial score (nSPS) is 20.2. The molecule has 0 saturated carbocycles. The molecule has 3 heterocycles. The lowest BCUT2D eigenvalue weighted by atomic mass is 10.1. The van der Waals surface area contributed by atoms with Crippen LogP contribution in [0.4, 0.5) is 23.7 Å². The molecule has 1 fully saturated rings. The second-order valence-corrected chi connectivity index (χ2v) is 7.85. The van der Waals surface area contributed by atoms with Crippen molar-refractivity contribution in [2.45, 2.75) is 31.5 Å². The SMILES string of the molecule is O=C(Nc1ccc(OC2CCCN(C(=O)CC(F)(F)F)C2)cc1)N1C=C2C=CNC=C2C1. The smallest absolute Gasteiger partial charge is 0.397 e. The number of fused-ring (bicyclic) bond motifs is 1. The number of hydrogen-bond donors (Lipinski definition) is 2. The molecule has 3 amide bonds. The van der Waals surface area contributed by atoms with E-state index in [0.29, 0.717) is 37.4 Å². The maximum Gasteiger partial charge on any atom is 0.397 e. The molecule has 0 radical (unpaired) electrons. The van der Waals surface area contributed by atoms with Gasteiger partial charge in [-0.2, -0.15) is 13.2 Å². The average Bonchev–Trinajstić information content (AvgIpc) is 3.19. The Balaban J connectivity index is 1.29. The third-order valence-corrected chi connectivity index (χ3v) is 5.37. The van der Waals surface area contributed by atoms with Crippen LogP contribution in [0.1, 0.15) is 19.3 Å². The average molecular weight is 448 g/mol. The number of amides is 3. The molecule has 0 aromatic heterocycles. The molecule has 0 spiro atoms. The molecule has 10 heteroatoms. The van der Waals surface area contributed by atoms with Crippen molar-refractivity contribution in [3.05, 3.63) is 60.1 Å². The van der Waals surface area contributed by atoms with Crippen molar-refractivity contribution >= 4 is 17.6 Å². The monoisotopic (exact) mass is 448 g/mol. The summed E-state index contributed by atoms with van der Waals surface area (Å²) in [4.78, 5) is 27.1. The molecule has 2 N–H and O–H groups in total. The number of nitrogens with zero attached hydrogens (tertiary/aromatic N) is 2. The third kappa shape index (κ3) is 5.43. The van der Waals surface area contributed by atoms with Gasteiger partial charge in [0, 0.05) is 30.8 Å². The Bertz CT molecular complexity index is 970. The molecule has 0 bridgehead atoms. The Hall–Kier alpha value is -3.43. The van der Waals surface area contributed by atoms with E-state index in [-0.39, 0.29) is 18.7 Å². The first-order valence-electron chi connectivity index (χ1n) is 10.3. The highest BCUT2D eigenvalue weighted by molar-refractivity contribution is 5.91. The van der Waals surface area contributed by atoms with Gasteiger partial charge in [0.15, 0.2) is 0 Å². The standard InChI is InChI=1S/C22H23F3N4O3/c23-22(24,25)10-20(30)28-9-1-2-19(14-28)32-18-5-3-17(4-6-18)27-21(31)29-12-15-7-8-26-11-16(15)13-29/h3-8,11-12,19,26H,1-2,9-10,13-14H2,(H,27,31). The Morgan fingerprint density at radius 2 is 2.00 bits per heavy atom. The predicted molar refractivity (Wildman–Crippen MR) is 112 cm³/mol. The molecule has 1 aromatic rings. The first-order chi connectivity index (χ1) is 15.3. The number of halogens is 3. The molecule has 1 atom stereocenters. The number of benzene rings is 1. The first-order valence-corrected chi connectivity index (χ1v) is 10.3. The van der Waals surface area contributed by atoms with Gasteiger partial charge < -0.3 is 20.3 Å². The quantitative estimate of drug-likeness (QED) is 0.736. The van der Waals surface area contributed by atoms with Crippen molar-refractivity contribution in [2.75, 3.05) is 25.0 Å². The van der Waals surface area contributed by atoms with Crippen LogP contribution < -0.4 is 15.4 Å². The number of alkyl halides is 3. The van der Waals surface area contributed by atoms with Crippen LogP contribution in [0.3, 0.4) is 0 Å². The molecule has 1 unspecified atom stereocenters. The second-order valence-electron chi connectivity index (χ2n) is 7.85.